The molecule has 2 rings (SSSR count). The van der Waals surface area contributed by atoms with Crippen LogP contribution in [0.1, 0.15) is 51.4 Å². The molecule has 6 nitrogen and oxygen atoms in total. The summed E-state index contributed by atoms with van der Waals surface area (Å²) < 4.78 is 5.33. The quantitative estimate of drug-likeness (QED) is 0.828. The van der Waals surface area contributed by atoms with Gasteiger partial charge in [0.1, 0.15) is 0 Å². The summed E-state index contributed by atoms with van der Waals surface area (Å²) >= 11 is 0. The molecule has 19 heavy (non-hydrogen) atoms. The van der Waals surface area contributed by atoms with Gasteiger partial charge in [-0.25, -0.2) is 0 Å². The number of nitrogens with zero attached hydrogens (tertiary/aromatic N) is 4. The highest BCUT2D eigenvalue weighted by Crippen LogP contribution is 2.21. The molecule has 0 aliphatic carbocycles. The maximum Gasteiger partial charge on any atom is 0.243 e. The van der Waals surface area contributed by atoms with Crippen LogP contribution < -0.4 is 0 Å². The van der Waals surface area contributed by atoms with Crippen LogP contribution in [0.2, 0.25) is 0 Å². The summed E-state index contributed by atoms with van der Waals surface area (Å²) in [5.74, 6) is 1.84. The van der Waals surface area contributed by atoms with Crippen molar-refractivity contribution in [1.29, 1.82) is 0 Å². The van der Waals surface area contributed by atoms with Gasteiger partial charge in [0.25, 0.3) is 0 Å². The van der Waals surface area contributed by atoms with Gasteiger partial charge >= 0.3 is 0 Å². The van der Waals surface area contributed by atoms with E-state index in [0.29, 0.717) is 5.89 Å². The van der Waals surface area contributed by atoms with Crippen molar-refractivity contribution in [2.75, 3.05) is 26.2 Å². The van der Waals surface area contributed by atoms with E-state index >= 15 is 0 Å². The number of piperazine rings is 1. The number of aromatic nitrogens is 2. The lowest BCUT2D eigenvalue weighted by Gasteiger charge is -2.36. The fourth-order valence-electron chi connectivity index (χ4n) is 2.23. The topological polar surface area (TPSA) is 62.5 Å². The predicted molar refractivity (Wildman–Crippen MR) is 70.6 cm³/mol. The molecule has 1 saturated heterocycles. The monoisotopic (exact) mass is 266 g/mol. The van der Waals surface area contributed by atoms with Gasteiger partial charge in [-0.15, -0.1) is 0 Å². The van der Waals surface area contributed by atoms with Crippen molar-refractivity contribution in [2.45, 2.75) is 39.7 Å². The zero-order valence-electron chi connectivity index (χ0n) is 12.1. The largest absolute Gasteiger partial charge is 0.340 e. The molecule has 1 atom stereocenters. The Morgan fingerprint density at radius 1 is 1.21 bits per heavy atom. The lowest BCUT2D eigenvalue weighted by atomic mass is 10.2. The van der Waals surface area contributed by atoms with Gasteiger partial charge in [-0.05, 0) is 6.92 Å². The minimum Gasteiger partial charge on any atom is -0.340 e. The Morgan fingerprint density at radius 3 is 2.32 bits per heavy atom. The first-order chi connectivity index (χ1) is 8.99. The van der Waals surface area contributed by atoms with E-state index < -0.39 is 0 Å². The second-order valence-corrected chi connectivity index (χ2v) is 5.36. The molecular formula is C13H22N4O2. The third kappa shape index (κ3) is 3.12. The first-order valence-corrected chi connectivity index (χ1v) is 6.82. The molecule has 6 heteroatoms. The van der Waals surface area contributed by atoms with Crippen molar-refractivity contribution in [3.8, 4) is 0 Å². The molecular weight excluding hydrogens is 244 g/mol. The van der Waals surface area contributed by atoms with Gasteiger partial charge in [0.15, 0.2) is 5.82 Å². The minimum absolute atomic E-state index is 0.106. The first kappa shape index (κ1) is 14.0. The third-order valence-corrected chi connectivity index (χ3v) is 3.64. The molecule has 0 radical (unpaired) electrons. The molecule has 1 aliphatic rings. The summed E-state index contributed by atoms with van der Waals surface area (Å²) in [6.45, 7) is 11.0. The number of rotatable bonds is 3. The summed E-state index contributed by atoms with van der Waals surface area (Å²) in [6, 6.07) is 0.106. The zero-order valence-corrected chi connectivity index (χ0v) is 12.1. The van der Waals surface area contributed by atoms with E-state index in [0.717, 1.165) is 32.0 Å². The van der Waals surface area contributed by atoms with Crippen LogP contribution in [0.5, 0.6) is 0 Å². The number of hydrogen-bond donors (Lipinski definition) is 0. The Hall–Kier alpha value is -1.43. The standard InChI is InChI=1S/C13H22N4O2/c1-9(2)12-14-13(19-15-12)10(3)16-5-7-17(8-6-16)11(4)18/h9-10H,5-8H2,1-4H3. The first-order valence-electron chi connectivity index (χ1n) is 6.82. The third-order valence-electron chi connectivity index (χ3n) is 3.64. The normalized spacial score (nSPS) is 18.9. The number of amides is 1. The number of carbonyl (C=O) groups is 1. The van der Waals surface area contributed by atoms with E-state index in [1.54, 1.807) is 6.92 Å². The fourth-order valence-corrected chi connectivity index (χ4v) is 2.23. The van der Waals surface area contributed by atoms with Crippen molar-refractivity contribution < 1.29 is 9.32 Å². The highest BCUT2D eigenvalue weighted by Gasteiger charge is 2.26. The van der Waals surface area contributed by atoms with E-state index in [9.17, 15) is 4.79 Å². The van der Waals surface area contributed by atoms with Gasteiger partial charge in [-0.2, -0.15) is 4.98 Å². The molecule has 1 unspecified atom stereocenters. The summed E-state index contributed by atoms with van der Waals surface area (Å²) in [4.78, 5) is 19.9. The van der Waals surface area contributed by atoms with E-state index in [4.69, 9.17) is 4.52 Å². The summed E-state index contributed by atoms with van der Waals surface area (Å²) in [5, 5.41) is 4.00. The van der Waals surface area contributed by atoms with Gasteiger partial charge < -0.3 is 9.42 Å². The average Bonchev–Trinajstić information content (AvgIpc) is 2.87. The highest BCUT2D eigenvalue weighted by atomic mass is 16.5. The molecule has 0 aromatic carbocycles. The molecule has 0 spiro atoms. The van der Waals surface area contributed by atoms with E-state index in [-0.39, 0.29) is 17.9 Å². The maximum atomic E-state index is 11.3. The molecule has 106 valence electrons. The molecule has 1 aliphatic heterocycles. The van der Waals surface area contributed by atoms with Crippen molar-refractivity contribution in [3.05, 3.63) is 11.7 Å². The molecule has 1 aromatic rings. The van der Waals surface area contributed by atoms with Crippen molar-refractivity contribution >= 4 is 5.91 Å². The van der Waals surface area contributed by atoms with Crippen LogP contribution in [-0.4, -0.2) is 52.0 Å². The zero-order chi connectivity index (χ0) is 14.0. The van der Waals surface area contributed by atoms with Crippen LogP contribution in [0.25, 0.3) is 0 Å². The average molecular weight is 266 g/mol. The Balaban J connectivity index is 1.96. The van der Waals surface area contributed by atoms with Gasteiger partial charge in [0, 0.05) is 39.0 Å². The van der Waals surface area contributed by atoms with Crippen LogP contribution in [0, 0.1) is 0 Å². The predicted octanol–water partition coefficient (Wildman–Crippen LogP) is 1.42. The van der Waals surface area contributed by atoms with Crippen molar-refractivity contribution in [1.82, 2.24) is 19.9 Å². The SMILES string of the molecule is CC(=O)N1CCN(C(C)c2nc(C(C)C)no2)CC1. The van der Waals surface area contributed by atoms with E-state index in [1.807, 2.05) is 18.7 Å². The molecule has 1 aromatic heterocycles. The van der Waals surface area contributed by atoms with Crippen LogP contribution in [-0.2, 0) is 4.79 Å². The van der Waals surface area contributed by atoms with Crippen LogP contribution >= 0.6 is 0 Å². The van der Waals surface area contributed by atoms with Gasteiger partial charge in [0.2, 0.25) is 11.8 Å². The van der Waals surface area contributed by atoms with Crippen LogP contribution in [0.15, 0.2) is 4.52 Å². The Kier molecular flexibility index (Phi) is 4.19. The number of hydrogen-bond acceptors (Lipinski definition) is 5. The Bertz CT molecular complexity index is 436. The lowest BCUT2D eigenvalue weighted by molar-refractivity contribution is -0.130. The second kappa shape index (κ2) is 5.69. The lowest BCUT2D eigenvalue weighted by Crippen LogP contribution is -2.48. The Morgan fingerprint density at radius 2 is 1.84 bits per heavy atom. The number of carbonyl (C=O) groups excluding carboxylic acids is 1. The van der Waals surface area contributed by atoms with Gasteiger partial charge in [0.05, 0.1) is 6.04 Å². The fraction of sp³-hybridized carbons (Fsp3) is 0.769. The second-order valence-electron chi connectivity index (χ2n) is 5.36. The van der Waals surface area contributed by atoms with Crippen molar-refractivity contribution in [2.24, 2.45) is 0 Å². The molecule has 2 heterocycles. The van der Waals surface area contributed by atoms with E-state index in [1.165, 1.54) is 0 Å². The highest BCUT2D eigenvalue weighted by molar-refractivity contribution is 5.73. The maximum absolute atomic E-state index is 11.3. The van der Waals surface area contributed by atoms with E-state index in [2.05, 4.69) is 22.0 Å². The Labute approximate surface area is 113 Å². The van der Waals surface area contributed by atoms with Crippen LogP contribution in [0.3, 0.4) is 0 Å². The van der Waals surface area contributed by atoms with Gasteiger partial charge in [-0.3, -0.25) is 9.69 Å². The molecule has 0 bridgehead atoms. The van der Waals surface area contributed by atoms with Crippen LogP contribution in [0.4, 0.5) is 0 Å². The molecule has 0 N–H and O–H groups in total. The molecule has 1 fully saturated rings. The summed E-state index contributed by atoms with van der Waals surface area (Å²) in [6.07, 6.45) is 0. The smallest absolute Gasteiger partial charge is 0.243 e. The summed E-state index contributed by atoms with van der Waals surface area (Å²) in [7, 11) is 0. The summed E-state index contributed by atoms with van der Waals surface area (Å²) in [5.41, 5.74) is 0. The molecule has 0 saturated carbocycles. The minimum atomic E-state index is 0.106. The molecule has 1 amide bonds. The van der Waals surface area contributed by atoms with Gasteiger partial charge in [-0.1, -0.05) is 19.0 Å². The van der Waals surface area contributed by atoms with Crippen molar-refractivity contribution in [3.63, 3.8) is 0 Å².